The summed E-state index contributed by atoms with van der Waals surface area (Å²) in [6.45, 7) is 4.42. The topological polar surface area (TPSA) is 75.9 Å². The van der Waals surface area contributed by atoms with Gasteiger partial charge in [0.2, 0.25) is 0 Å². The van der Waals surface area contributed by atoms with Crippen LogP contribution in [0.3, 0.4) is 0 Å². The molecule has 0 radical (unpaired) electrons. The van der Waals surface area contributed by atoms with Crippen LogP contribution >= 0.6 is 12.4 Å². The molecular weight excluding hydrogens is 370 g/mol. The average Bonchev–Trinajstić information content (AvgIpc) is 2.69. The zero-order valence-corrected chi connectivity index (χ0v) is 15.6. The van der Waals surface area contributed by atoms with Gasteiger partial charge in [-0.15, -0.1) is 12.4 Å². The molecule has 8 heteroatoms. The number of ether oxygens (including phenoxy) is 1. The molecule has 2 aromatic carbocycles. The first-order valence-corrected chi connectivity index (χ1v) is 8.56. The van der Waals surface area contributed by atoms with Gasteiger partial charge in [-0.05, 0) is 24.3 Å². The van der Waals surface area contributed by atoms with E-state index in [0.29, 0.717) is 25.3 Å². The Morgan fingerprint density at radius 2 is 1.70 bits per heavy atom. The molecule has 0 spiro atoms. The molecule has 7 nitrogen and oxygen atoms in total. The molecule has 0 N–H and O–H groups in total. The minimum Gasteiger partial charge on any atom is -0.379 e. The van der Waals surface area contributed by atoms with Crippen LogP contribution in [0.2, 0.25) is 0 Å². The summed E-state index contributed by atoms with van der Waals surface area (Å²) in [6, 6.07) is 15.2. The predicted octanol–water partition coefficient (Wildman–Crippen LogP) is 3.00. The fourth-order valence-electron chi connectivity index (χ4n) is 2.90. The number of hydrogen-bond donors (Lipinski definition) is 0. The highest BCUT2D eigenvalue weighted by molar-refractivity contribution is 6.06. The van der Waals surface area contributed by atoms with Crippen LogP contribution in [0.25, 0.3) is 0 Å². The Morgan fingerprint density at radius 1 is 1.07 bits per heavy atom. The molecule has 1 aliphatic rings. The maximum atomic E-state index is 13.0. The lowest BCUT2D eigenvalue weighted by Gasteiger charge is -2.30. The van der Waals surface area contributed by atoms with Crippen molar-refractivity contribution in [2.75, 3.05) is 44.3 Å². The fourth-order valence-corrected chi connectivity index (χ4v) is 2.90. The monoisotopic (exact) mass is 391 g/mol. The van der Waals surface area contributed by atoms with E-state index < -0.39 is 4.92 Å². The Labute approximate surface area is 164 Å². The lowest BCUT2D eigenvalue weighted by molar-refractivity contribution is -0.384. The van der Waals surface area contributed by atoms with Gasteiger partial charge in [-0.25, -0.2) is 0 Å². The maximum absolute atomic E-state index is 13.0. The Bertz CT molecular complexity index is 749. The molecule has 144 valence electrons. The van der Waals surface area contributed by atoms with Gasteiger partial charge in [-0.3, -0.25) is 19.8 Å². The second-order valence-corrected chi connectivity index (χ2v) is 6.05. The van der Waals surface area contributed by atoms with Crippen molar-refractivity contribution >= 4 is 29.7 Å². The van der Waals surface area contributed by atoms with E-state index in [1.165, 1.54) is 24.3 Å². The second kappa shape index (κ2) is 10.0. The number of nitro groups is 1. The molecule has 0 saturated carbocycles. The van der Waals surface area contributed by atoms with Crippen LogP contribution in [-0.2, 0) is 4.74 Å². The van der Waals surface area contributed by atoms with Crippen LogP contribution in [-0.4, -0.2) is 55.1 Å². The highest BCUT2D eigenvalue weighted by Gasteiger charge is 2.20. The van der Waals surface area contributed by atoms with Gasteiger partial charge in [0.05, 0.1) is 18.1 Å². The molecule has 1 fully saturated rings. The highest BCUT2D eigenvalue weighted by atomic mass is 35.5. The number of nitro benzene ring substituents is 1. The number of para-hydroxylation sites is 1. The molecule has 1 saturated heterocycles. The van der Waals surface area contributed by atoms with Gasteiger partial charge in [0.15, 0.2) is 0 Å². The van der Waals surface area contributed by atoms with Crippen LogP contribution in [0.5, 0.6) is 0 Å². The molecule has 0 unspecified atom stereocenters. The summed E-state index contributed by atoms with van der Waals surface area (Å²) < 4.78 is 5.36. The average molecular weight is 392 g/mol. The third kappa shape index (κ3) is 5.50. The molecule has 1 amide bonds. The summed E-state index contributed by atoms with van der Waals surface area (Å²) in [5.41, 5.74) is 1.21. The number of rotatable bonds is 6. The van der Waals surface area contributed by atoms with Gasteiger partial charge in [-0.2, -0.15) is 0 Å². The van der Waals surface area contributed by atoms with Crippen molar-refractivity contribution in [3.8, 4) is 0 Å². The molecule has 1 aliphatic heterocycles. The molecule has 0 atom stereocenters. The van der Waals surface area contributed by atoms with E-state index in [1.54, 1.807) is 4.90 Å². The van der Waals surface area contributed by atoms with Gasteiger partial charge in [0, 0.05) is 49.6 Å². The summed E-state index contributed by atoms with van der Waals surface area (Å²) in [5, 5.41) is 10.8. The van der Waals surface area contributed by atoms with Crippen molar-refractivity contribution in [1.82, 2.24) is 4.90 Å². The first-order chi connectivity index (χ1) is 12.6. The minimum atomic E-state index is -0.471. The van der Waals surface area contributed by atoms with E-state index >= 15 is 0 Å². The minimum absolute atomic E-state index is 0. The van der Waals surface area contributed by atoms with E-state index in [0.717, 1.165) is 25.3 Å². The number of hydrogen-bond acceptors (Lipinski definition) is 5. The number of halogens is 1. The standard InChI is InChI=1S/C19H21N3O4.ClH/c23-19(16-6-8-18(9-7-16)22(24)25)21(17-4-2-1-3-5-17)11-10-20-12-14-26-15-13-20;/h1-9H,10-15H2;1H. The van der Waals surface area contributed by atoms with Gasteiger partial charge in [-0.1, -0.05) is 18.2 Å². The van der Waals surface area contributed by atoms with Crippen molar-refractivity contribution in [3.63, 3.8) is 0 Å². The zero-order chi connectivity index (χ0) is 18.4. The third-order valence-electron chi connectivity index (χ3n) is 4.38. The van der Waals surface area contributed by atoms with Crippen molar-refractivity contribution in [2.24, 2.45) is 0 Å². The molecular formula is C19H22ClN3O4. The number of carbonyl (C=O) groups excluding carboxylic acids is 1. The fraction of sp³-hybridized carbons (Fsp3) is 0.316. The number of non-ortho nitro benzene ring substituents is 1. The maximum Gasteiger partial charge on any atom is 0.269 e. The zero-order valence-electron chi connectivity index (χ0n) is 14.8. The molecule has 0 aromatic heterocycles. The molecule has 2 aromatic rings. The number of nitrogens with zero attached hydrogens (tertiary/aromatic N) is 3. The third-order valence-corrected chi connectivity index (χ3v) is 4.38. The van der Waals surface area contributed by atoms with Gasteiger partial charge >= 0.3 is 0 Å². The van der Waals surface area contributed by atoms with Crippen LogP contribution in [0, 0.1) is 10.1 Å². The largest absolute Gasteiger partial charge is 0.379 e. The lowest BCUT2D eigenvalue weighted by atomic mass is 10.1. The molecule has 27 heavy (non-hydrogen) atoms. The molecule has 0 bridgehead atoms. The van der Waals surface area contributed by atoms with Crippen molar-refractivity contribution < 1.29 is 14.5 Å². The van der Waals surface area contributed by atoms with E-state index in [4.69, 9.17) is 4.74 Å². The van der Waals surface area contributed by atoms with E-state index in [-0.39, 0.29) is 24.0 Å². The van der Waals surface area contributed by atoms with Crippen molar-refractivity contribution in [1.29, 1.82) is 0 Å². The smallest absolute Gasteiger partial charge is 0.269 e. The molecule has 1 heterocycles. The summed E-state index contributed by atoms with van der Waals surface area (Å²) in [4.78, 5) is 27.3. The summed E-state index contributed by atoms with van der Waals surface area (Å²) >= 11 is 0. The Hall–Kier alpha value is -2.48. The van der Waals surface area contributed by atoms with Crippen LogP contribution in [0.4, 0.5) is 11.4 Å². The molecule has 0 aliphatic carbocycles. The summed E-state index contributed by atoms with van der Waals surface area (Å²) in [5.74, 6) is -0.167. The van der Waals surface area contributed by atoms with Crippen LogP contribution in [0.1, 0.15) is 10.4 Å². The lowest BCUT2D eigenvalue weighted by Crippen LogP contribution is -2.43. The van der Waals surface area contributed by atoms with Gasteiger partial charge < -0.3 is 9.64 Å². The Balaban J connectivity index is 0.00000261. The van der Waals surface area contributed by atoms with E-state index in [2.05, 4.69) is 4.90 Å². The number of benzene rings is 2. The Kier molecular flexibility index (Phi) is 7.72. The number of morpholine rings is 1. The predicted molar refractivity (Wildman–Crippen MR) is 106 cm³/mol. The first kappa shape index (κ1) is 20.8. The normalized spacial score (nSPS) is 14.2. The first-order valence-electron chi connectivity index (χ1n) is 8.56. The van der Waals surface area contributed by atoms with E-state index in [9.17, 15) is 14.9 Å². The van der Waals surface area contributed by atoms with Gasteiger partial charge in [0.25, 0.3) is 11.6 Å². The van der Waals surface area contributed by atoms with Crippen LogP contribution < -0.4 is 4.90 Å². The van der Waals surface area contributed by atoms with Crippen molar-refractivity contribution in [3.05, 3.63) is 70.3 Å². The SMILES string of the molecule is Cl.O=C(c1ccc([N+](=O)[O-])cc1)N(CCN1CCOCC1)c1ccccc1. The van der Waals surface area contributed by atoms with Crippen LogP contribution in [0.15, 0.2) is 54.6 Å². The summed E-state index contributed by atoms with van der Waals surface area (Å²) in [7, 11) is 0. The molecule has 3 rings (SSSR count). The second-order valence-electron chi connectivity index (χ2n) is 6.05. The van der Waals surface area contributed by atoms with Gasteiger partial charge in [0.1, 0.15) is 0 Å². The summed E-state index contributed by atoms with van der Waals surface area (Å²) in [6.07, 6.45) is 0. The number of amides is 1. The van der Waals surface area contributed by atoms with Crippen molar-refractivity contribution in [2.45, 2.75) is 0 Å². The quantitative estimate of drug-likeness (QED) is 0.559. The van der Waals surface area contributed by atoms with E-state index in [1.807, 2.05) is 30.3 Å². The Morgan fingerprint density at radius 3 is 2.30 bits per heavy atom. The highest BCUT2D eigenvalue weighted by Crippen LogP contribution is 2.19. The number of anilines is 1. The number of carbonyl (C=O) groups is 1.